The molecule has 0 aliphatic carbocycles. The van der Waals surface area contributed by atoms with E-state index in [1.165, 1.54) is 12.1 Å². The number of rotatable bonds is 0. The smallest absolute Gasteiger partial charge is 0.155 e. The van der Waals surface area contributed by atoms with Crippen LogP contribution in [0.25, 0.3) is 0 Å². The minimum Gasteiger partial charge on any atom is -0.204 e. The van der Waals surface area contributed by atoms with Crippen LogP contribution in [0.15, 0.2) is 12.1 Å². The normalized spacial score (nSPS) is 9.27. The molecule has 0 aliphatic heterocycles. The largest absolute Gasteiger partial charge is 0.204 e. The molecule has 0 heterocycles. The van der Waals surface area contributed by atoms with Crippen LogP contribution in [0.4, 0.5) is 4.39 Å². The van der Waals surface area contributed by atoms with Crippen molar-refractivity contribution in [2.24, 2.45) is 0 Å². The summed E-state index contributed by atoms with van der Waals surface area (Å²) >= 11 is 7.34. The molecule has 0 saturated heterocycles. The zero-order valence-corrected chi connectivity index (χ0v) is 8.15. The number of benzene rings is 1. The van der Waals surface area contributed by atoms with Gasteiger partial charge in [-0.05, 0) is 34.7 Å². The summed E-state index contributed by atoms with van der Waals surface area (Å²) in [5.41, 5.74) is -0.0847. The first kappa shape index (κ1) is 8.75. The molecule has 1 rings (SSSR count). The predicted octanol–water partition coefficient (Wildman–Crippen LogP) is 2.96. The van der Waals surface area contributed by atoms with E-state index in [4.69, 9.17) is 16.9 Å². The molecule has 0 bridgehead atoms. The molecule has 4 heteroatoms. The van der Waals surface area contributed by atoms with Gasteiger partial charge in [0.15, 0.2) is 5.82 Å². The van der Waals surface area contributed by atoms with Crippen molar-refractivity contribution in [3.8, 4) is 6.07 Å². The lowest BCUT2D eigenvalue weighted by atomic mass is 10.2. The van der Waals surface area contributed by atoms with Gasteiger partial charge >= 0.3 is 0 Å². The highest BCUT2D eigenvalue weighted by Crippen LogP contribution is 2.22. The van der Waals surface area contributed by atoms with Gasteiger partial charge in [-0.25, -0.2) is 4.39 Å². The highest BCUT2D eigenvalue weighted by atomic mass is 127. The van der Waals surface area contributed by atoms with Gasteiger partial charge in [-0.1, -0.05) is 11.6 Å². The van der Waals surface area contributed by atoms with Crippen molar-refractivity contribution >= 4 is 34.2 Å². The lowest BCUT2D eigenvalue weighted by Gasteiger charge is -1.97. The minimum absolute atomic E-state index is 0.0847. The van der Waals surface area contributed by atoms with Crippen molar-refractivity contribution in [3.05, 3.63) is 32.1 Å². The Morgan fingerprint density at radius 1 is 1.55 bits per heavy atom. The van der Waals surface area contributed by atoms with E-state index in [1.807, 2.05) is 0 Å². The zero-order chi connectivity index (χ0) is 8.43. The number of halogens is 3. The van der Waals surface area contributed by atoms with Crippen LogP contribution in [0.5, 0.6) is 0 Å². The Morgan fingerprint density at radius 3 is 2.64 bits per heavy atom. The summed E-state index contributed by atoms with van der Waals surface area (Å²) in [5, 5.41) is 8.60. The second kappa shape index (κ2) is 3.37. The molecule has 0 amide bonds. The van der Waals surface area contributed by atoms with E-state index in [0.29, 0.717) is 3.57 Å². The van der Waals surface area contributed by atoms with Gasteiger partial charge in [-0.3, -0.25) is 0 Å². The molecular formula is C7H2ClFIN. The minimum atomic E-state index is -0.541. The molecule has 0 fully saturated rings. The van der Waals surface area contributed by atoms with Gasteiger partial charge in [-0.15, -0.1) is 0 Å². The molecule has 1 aromatic carbocycles. The fraction of sp³-hybridized carbons (Fsp3) is 0. The van der Waals surface area contributed by atoms with E-state index in [0.717, 1.165) is 0 Å². The van der Waals surface area contributed by atoms with Gasteiger partial charge in [0, 0.05) is 0 Å². The van der Waals surface area contributed by atoms with Crippen LogP contribution in [0.3, 0.4) is 0 Å². The summed E-state index contributed by atoms with van der Waals surface area (Å²) in [5.74, 6) is -0.541. The van der Waals surface area contributed by atoms with Crippen molar-refractivity contribution in [1.29, 1.82) is 5.26 Å². The van der Waals surface area contributed by atoms with Gasteiger partial charge in [0.2, 0.25) is 0 Å². The number of nitrogens with zero attached hydrogens (tertiary/aromatic N) is 1. The highest BCUT2D eigenvalue weighted by molar-refractivity contribution is 14.1. The van der Waals surface area contributed by atoms with Crippen LogP contribution in [0.2, 0.25) is 5.02 Å². The van der Waals surface area contributed by atoms with Crippen molar-refractivity contribution in [2.45, 2.75) is 0 Å². The van der Waals surface area contributed by atoms with Crippen LogP contribution < -0.4 is 0 Å². The molecule has 1 nitrogen and oxygen atoms in total. The van der Waals surface area contributed by atoms with Crippen LogP contribution in [-0.2, 0) is 0 Å². The predicted molar refractivity (Wildman–Crippen MR) is 48.8 cm³/mol. The Bertz CT molecular complexity index is 332. The first-order chi connectivity index (χ1) is 5.16. The molecule has 11 heavy (non-hydrogen) atoms. The topological polar surface area (TPSA) is 23.8 Å². The van der Waals surface area contributed by atoms with E-state index in [2.05, 4.69) is 0 Å². The summed E-state index contributed by atoms with van der Waals surface area (Å²) < 4.78 is 13.4. The third kappa shape index (κ3) is 1.63. The molecule has 0 aliphatic rings. The fourth-order valence-corrected chi connectivity index (χ4v) is 1.27. The van der Waals surface area contributed by atoms with Crippen LogP contribution in [0, 0.1) is 20.7 Å². The molecule has 0 radical (unpaired) electrons. The molecule has 0 atom stereocenters. The van der Waals surface area contributed by atoms with E-state index in [-0.39, 0.29) is 10.6 Å². The van der Waals surface area contributed by atoms with E-state index < -0.39 is 5.82 Å². The van der Waals surface area contributed by atoms with Crippen LogP contribution in [0.1, 0.15) is 5.56 Å². The summed E-state index contributed by atoms with van der Waals surface area (Å²) in [4.78, 5) is 0. The number of nitriles is 1. The van der Waals surface area contributed by atoms with Gasteiger partial charge in [0.25, 0.3) is 0 Å². The molecule has 0 unspecified atom stereocenters. The first-order valence-corrected chi connectivity index (χ1v) is 4.16. The van der Waals surface area contributed by atoms with Gasteiger partial charge in [-0.2, -0.15) is 5.26 Å². The third-order valence-electron chi connectivity index (χ3n) is 1.16. The second-order valence-corrected chi connectivity index (χ2v) is 3.40. The lowest BCUT2D eigenvalue weighted by Crippen LogP contribution is -1.88. The van der Waals surface area contributed by atoms with Gasteiger partial charge < -0.3 is 0 Å². The average molecular weight is 281 g/mol. The Hall–Kier alpha value is -0.340. The Kier molecular flexibility index (Phi) is 2.68. The monoisotopic (exact) mass is 281 g/mol. The Labute approximate surface area is 81.9 Å². The standard InChI is InChI=1S/C7H2ClFIN/c8-5-1-2-6(10)7(9)4(5)3-11/h1-2H. The first-order valence-electron chi connectivity index (χ1n) is 2.70. The molecule has 1 aromatic rings. The third-order valence-corrected chi connectivity index (χ3v) is 2.30. The highest BCUT2D eigenvalue weighted by Gasteiger charge is 2.08. The molecule has 0 aromatic heterocycles. The van der Waals surface area contributed by atoms with Crippen molar-refractivity contribution in [1.82, 2.24) is 0 Å². The maximum atomic E-state index is 12.9. The molecule has 0 saturated carbocycles. The van der Waals surface area contributed by atoms with E-state index >= 15 is 0 Å². The average Bonchev–Trinajstić information content (AvgIpc) is 1.99. The maximum Gasteiger partial charge on any atom is 0.155 e. The van der Waals surface area contributed by atoms with Crippen molar-refractivity contribution in [2.75, 3.05) is 0 Å². The van der Waals surface area contributed by atoms with Gasteiger partial charge in [0.05, 0.1) is 8.59 Å². The van der Waals surface area contributed by atoms with Crippen LogP contribution in [-0.4, -0.2) is 0 Å². The Morgan fingerprint density at radius 2 is 2.18 bits per heavy atom. The summed E-state index contributed by atoms with van der Waals surface area (Å²) in [7, 11) is 0. The Balaban J connectivity index is 3.44. The molecular weight excluding hydrogens is 279 g/mol. The lowest BCUT2D eigenvalue weighted by molar-refractivity contribution is 0.616. The zero-order valence-electron chi connectivity index (χ0n) is 5.24. The van der Waals surface area contributed by atoms with Gasteiger partial charge in [0.1, 0.15) is 11.6 Å². The summed E-state index contributed by atoms with van der Waals surface area (Å²) in [6.45, 7) is 0. The summed E-state index contributed by atoms with van der Waals surface area (Å²) in [6.07, 6.45) is 0. The van der Waals surface area contributed by atoms with E-state index in [9.17, 15) is 4.39 Å². The molecule has 56 valence electrons. The fourth-order valence-electron chi connectivity index (χ4n) is 0.630. The van der Waals surface area contributed by atoms with Crippen molar-refractivity contribution in [3.63, 3.8) is 0 Å². The van der Waals surface area contributed by atoms with Crippen molar-refractivity contribution < 1.29 is 4.39 Å². The SMILES string of the molecule is N#Cc1c(Cl)ccc(I)c1F. The maximum absolute atomic E-state index is 12.9. The summed E-state index contributed by atoms with van der Waals surface area (Å²) in [6, 6.07) is 4.72. The number of hydrogen-bond donors (Lipinski definition) is 0. The molecule has 0 spiro atoms. The second-order valence-electron chi connectivity index (χ2n) is 1.83. The van der Waals surface area contributed by atoms with Crippen LogP contribution >= 0.6 is 34.2 Å². The quantitative estimate of drug-likeness (QED) is 0.530. The molecule has 0 N–H and O–H groups in total. The van der Waals surface area contributed by atoms with E-state index in [1.54, 1.807) is 28.7 Å². The number of hydrogen-bond acceptors (Lipinski definition) is 1.